The van der Waals surface area contributed by atoms with Crippen molar-refractivity contribution in [2.75, 3.05) is 11.9 Å². The molecular weight excluding hydrogens is 247 g/mol. The summed E-state index contributed by atoms with van der Waals surface area (Å²) in [5.74, 6) is 0.414. The lowest BCUT2D eigenvalue weighted by Crippen LogP contribution is -2.15. The predicted molar refractivity (Wildman–Crippen MR) is 59.1 cm³/mol. The molecule has 0 heterocycles. The highest BCUT2D eigenvalue weighted by molar-refractivity contribution is 5.84. The van der Waals surface area contributed by atoms with Crippen LogP contribution in [0.15, 0.2) is 24.3 Å². The first-order valence-electron chi connectivity index (χ1n) is 5.56. The number of benzene rings is 1. The van der Waals surface area contributed by atoms with E-state index in [0.29, 0.717) is 12.5 Å². The quantitative estimate of drug-likeness (QED) is 0.899. The van der Waals surface area contributed by atoms with Crippen molar-refractivity contribution >= 4 is 11.8 Å². The molecule has 18 heavy (non-hydrogen) atoms. The van der Waals surface area contributed by atoms with Gasteiger partial charge in [0.05, 0.1) is 12.2 Å². The van der Waals surface area contributed by atoms with Gasteiger partial charge in [0.25, 0.3) is 0 Å². The van der Waals surface area contributed by atoms with Crippen molar-refractivity contribution in [1.29, 1.82) is 0 Å². The van der Waals surface area contributed by atoms with E-state index in [1.807, 2.05) is 0 Å². The van der Waals surface area contributed by atoms with Crippen molar-refractivity contribution in [3.8, 4) is 0 Å². The fourth-order valence-electron chi connectivity index (χ4n) is 1.41. The van der Waals surface area contributed by atoms with Crippen LogP contribution in [0.2, 0.25) is 0 Å². The molecule has 3 nitrogen and oxygen atoms in total. The molecule has 1 saturated carbocycles. The van der Waals surface area contributed by atoms with Gasteiger partial charge in [-0.3, -0.25) is 5.32 Å². The zero-order chi connectivity index (χ0) is 13.2. The summed E-state index contributed by atoms with van der Waals surface area (Å²) in [6, 6.07) is 4.44. The number of halogens is 3. The second kappa shape index (κ2) is 4.88. The number of carbonyl (C=O) groups is 1. The third-order valence-electron chi connectivity index (χ3n) is 2.58. The number of hydrogen-bond acceptors (Lipinski definition) is 2. The first kappa shape index (κ1) is 12.7. The van der Waals surface area contributed by atoms with Crippen molar-refractivity contribution in [2.24, 2.45) is 5.92 Å². The van der Waals surface area contributed by atoms with Crippen LogP contribution in [0.5, 0.6) is 0 Å². The Morgan fingerprint density at radius 2 is 2.11 bits per heavy atom. The number of alkyl halides is 3. The lowest BCUT2D eigenvalue weighted by Gasteiger charge is -2.10. The zero-order valence-corrected chi connectivity index (χ0v) is 9.46. The lowest BCUT2D eigenvalue weighted by molar-refractivity contribution is -0.137. The molecule has 1 aromatic carbocycles. The smallest absolute Gasteiger partial charge is 0.416 e. The Morgan fingerprint density at radius 1 is 1.39 bits per heavy atom. The van der Waals surface area contributed by atoms with E-state index in [0.717, 1.165) is 25.0 Å². The van der Waals surface area contributed by atoms with Gasteiger partial charge in [-0.2, -0.15) is 13.2 Å². The van der Waals surface area contributed by atoms with E-state index >= 15 is 0 Å². The topological polar surface area (TPSA) is 38.3 Å². The summed E-state index contributed by atoms with van der Waals surface area (Å²) >= 11 is 0. The molecule has 0 bridgehead atoms. The van der Waals surface area contributed by atoms with Gasteiger partial charge in [0.15, 0.2) is 0 Å². The van der Waals surface area contributed by atoms with E-state index in [1.165, 1.54) is 12.1 Å². The van der Waals surface area contributed by atoms with E-state index in [4.69, 9.17) is 4.74 Å². The van der Waals surface area contributed by atoms with Crippen LogP contribution < -0.4 is 5.32 Å². The number of hydrogen-bond donors (Lipinski definition) is 1. The molecule has 1 aromatic rings. The maximum Gasteiger partial charge on any atom is 0.416 e. The van der Waals surface area contributed by atoms with Crippen LogP contribution in [-0.2, 0) is 10.9 Å². The summed E-state index contributed by atoms with van der Waals surface area (Å²) in [4.78, 5) is 11.3. The minimum absolute atomic E-state index is 0.0746. The highest BCUT2D eigenvalue weighted by Gasteiger charge is 2.30. The van der Waals surface area contributed by atoms with Crippen molar-refractivity contribution in [3.63, 3.8) is 0 Å². The van der Waals surface area contributed by atoms with Crippen molar-refractivity contribution in [2.45, 2.75) is 19.0 Å². The molecule has 1 aliphatic carbocycles. The first-order valence-corrected chi connectivity index (χ1v) is 5.56. The van der Waals surface area contributed by atoms with Gasteiger partial charge in [-0.1, -0.05) is 6.07 Å². The monoisotopic (exact) mass is 259 g/mol. The van der Waals surface area contributed by atoms with Crippen LogP contribution in [0.1, 0.15) is 18.4 Å². The van der Waals surface area contributed by atoms with Crippen molar-refractivity contribution < 1.29 is 22.7 Å². The maximum atomic E-state index is 12.4. The highest BCUT2D eigenvalue weighted by atomic mass is 19.4. The SMILES string of the molecule is O=C(Nc1cccc(C(F)(F)F)c1)OCC1CC1. The summed E-state index contributed by atoms with van der Waals surface area (Å²) in [5.41, 5.74) is -0.729. The minimum atomic E-state index is -4.42. The number of nitrogens with one attached hydrogen (secondary N) is 1. The van der Waals surface area contributed by atoms with E-state index < -0.39 is 17.8 Å². The molecule has 1 aliphatic rings. The molecule has 0 saturated heterocycles. The van der Waals surface area contributed by atoms with Gasteiger partial charge in [0.1, 0.15) is 0 Å². The van der Waals surface area contributed by atoms with Gasteiger partial charge < -0.3 is 4.74 Å². The van der Waals surface area contributed by atoms with Gasteiger partial charge in [-0.15, -0.1) is 0 Å². The van der Waals surface area contributed by atoms with Crippen LogP contribution in [-0.4, -0.2) is 12.7 Å². The van der Waals surface area contributed by atoms with Crippen LogP contribution >= 0.6 is 0 Å². The predicted octanol–water partition coefficient (Wildman–Crippen LogP) is 3.66. The van der Waals surface area contributed by atoms with Crippen molar-refractivity contribution in [3.05, 3.63) is 29.8 Å². The van der Waals surface area contributed by atoms with Gasteiger partial charge in [0, 0.05) is 5.69 Å². The number of amides is 1. The standard InChI is InChI=1S/C12H12F3NO2/c13-12(14,15)9-2-1-3-10(6-9)16-11(17)18-7-8-4-5-8/h1-3,6,8H,4-5,7H2,(H,16,17). The largest absolute Gasteiger partial charge is 0.449 e. The third-order valence-corrected chi connectivity index (χ3v) is 2.58. The fraction of sp³-hybridized carbons (Fsp3) is 0.417. The summed E-state index contributed by atoms with van der Waals surface area (Å²) < 4.78 is 42.1. The maximum absolute atomic E-state index is 12.4. The van der Waals surface area contributed by atoms with Crippen LogP contribution in [0.3, 0.4) is 0 Å². The Hall–Kier alpha value is -1.72. The number of anilines is 1. The second-order valence-electron chi connectivity index (χ2n) is 4.25. The van der Waals surface area contributed by atoms with Gasteiger partial charge >= 0.3 is 12.3 Å². The average Bonchev–Trinajstić information content (AvgIpc) is 3.09. The van der Waals surface area contributed by atoms with E-state index in [-0.39, 0.29) is 5.69 Å². The normalized spacial score (nSPS) is 15.3. The Kier molecular flexibility index (Phi) is 3.45. The Bertz CT molecular complexity index is 441. The molecule has 2 rings (SSSR count). The van der Waals surface area contributed by atoms with Crippen LogP contribution in [0.25, 0.3) is 0 Å². The van der Waals surface area contributed by atoms with Gasteiger partial charge in [0.2, 0.25) is 0 Å². The van der Waals surface area contributed by atoms with E-state index in [1.54, 1.807) is 0 Å². The van der Waals surface area contributed by atoms with Crippen LogP contribution in [0, 0.1) is 5.92 Å². The summed E-state index contributed by atoms with van der Waals surface area (Å²) in [6.45, 7) is 0.324. The lowest BCUT2D eigenvalue weighted by atomic mass is 10.2. The average molecular weight is 259 g/mol. The molecule has 1 fully saturated rings. The number of rotatable bonds is 3. The molecular formula is C12H12F3NO2. The highest BCUT2D eigenvalue weighted by Crippen LogP contribution is 2.31. The molecule has 6 heteroatoms. The minimum Gasteiger partial charge on any atom is -0.449 e. The number of ether oxygens (including phenoxy) is 1. The van der Waals surface area contributed by atoms with E-state index in [2.05, 4.69) is 5.32 Å². The van der Waals surface area contributed by atoms with Gasteiger partial charge in [-0.25, -0.2) is 4.79 Å². The van der Waals surface area contributed by atoms with E-state index in [9.17, 15) is 18.0 Å². The molecule has 1 N–H and O–H groups in total. The zero-order valence-electron chi connectivity index (χ0n) is 9.46. The molecule has 0 aromatic heterocycles. The first-order chi connectivity index (χ1) is 8.45. The Morgan fingerprint density at radius 3 is 2.72 bits per heavy atom. The molecule has 1 amide bonds. The molecule has 98 valence electrons. The molecule has 0 spiro atoms. The van der Waals surface area contributed by atoms with Crippen molar-refractivity contribution in [1.82, 2.24) is 0 Å². The Balaban J connectivity index is 1.93. The fourth-order valence-corrected chi connectivity index (χ4v) is 1.41. The molecule has 0 unspecified atom stereocenters. The number of carbonyl (C=O) groups excluding carboxylic acids is 1. The summed E-state index contributed by atoms with van der Waals surface area (Å²) in [7, 11) is 0. The molecule has 0 aliphatic heterocycles. The second-order valence-corrected chi connectivity index (χ2v) is 4.25. The van der Waals surface area contributed by atoms with Crippen LogP contribution in [0.4, 0.5) is 23.7 Å². The summed E-state index contributed by atoms with van der Waals surface area (Å²) in [6.07, 6.45) is -3.07. The molecule has 0 radical (unpaired) electrons. The molecule has 0 atom stereocenters. The Labute approximate surface area is 102 Å². The van der Waals surface area contributed by atoms with Gasteiger partial charge in [-0.05, 0) is 37.0 Å². The summed E-state index contributed by atoms with van der Waals surface area (Å²) in [5, 5.41) is 2.28. The third kappa shape index (κ3) is 3.65.